The molecule has 222 valence electrons. The number of carbonyl (C=O) groups excluding carboxylic acids is 1. The van der Waals surface area contributed by atoms with Crippen LogP contribution in [0.25, 0.3) is 11.1 Å². The van der Waals surface area contributed by atoms with E-state index in [0.717, 1.165) is 6.07 Å². The van der Waals surface area contributed by atoms with Crippen LogP contribution in [0.5, 0.6) is 0 Å². The molecule has 2 heterocycles. The molecule has 1 saturated heterocycles. The Morgan fingerprint density at radius 2 is 1.95 bits per heavy atom. The van der Waals surface area contributed by atoms with Gasteiger partial charge >= 0.3 is 12.3 Å². The first-order valence-corrected chi connectivity index (χ1v) is 14.2. The number of amides is 1. The summed E-state index contributed by atoms with van der Waals surface area (Å²) < 4.78 is 72.5. The summed E-state index contributed by atoms with van der Waals surface area (Å²) in [7, 11) is 0. The molecule has 0 saturated carbocycles. The second kappa shape index (κ2) is 11.9. The van der Waals surface area contributed by atoms with Gasteiger partial charge in [0.2, 0.25) is 11.9 Å². The fourth-order valence-corrected chi connectivity index (χ4v) is 6.03. The number of anilines is 3. The summed E-state index contributed by atoms with van der Waals surface area (Å²) in [5.41, 5.74) is 4.03. The van der Waals surface area contributed by atoms with Crippen molar-refractivity contribution in [3.8, 4) is 11.1 Å². The Morgan fingerprint density at radius 1 is 1.27 bits per heavy atom. The standard InChI is InChI=1S/C26H30ClF3N6O4S/c1-25(2,3)40-24(37)36-10-4-5-16(13-36)21(41(38)39)15-8-6-14(7-9-15)20-18(26(28,29)30)11-17(12-19(20)27)32-23-33-22(31)34-35-23/h6-9,11-12,16,21H,4-5,10,13H2,1-3H3,(H,38,39)(H4,31,32,33,34,35)/p-1. The minimum atomic E-state index is -4.76. The van der Waals surface area contributed by atoms with Crippen LogP contribution in [0.1, 0.15) is 50.0 Å². The van der Waals surface area contributed by atoms with Gasteiger partial charge in [0.25, 0.3) is 0 Å². The lowest BCUT2D eigenvalue weighted by atomic mass is 9.89. The van der Waals surface area contributed by atoms with E-state index in [1.807, 2.05) is 0 Å². The third kappa shape index (κ3) is 7.49. The molecule has 0 radical (unpaired) electrons. The van der Waals surface area contributed by atoms with Gasteiger partial charge in [-0.3, -0.25) is 4.21 Å². The average Bonchev–Trinajstić information content (AvgIpc) is 3.27. The van der Waals surface area contributed by atoms with E-state index in [9.17, 15) is 26.7 Å². The quantitative estimate of drug-likeness (QED) is 0.285. The van der Waals surface area contributed by atoms with Gasteiger partial charge in [0.1, 0.15) is 5.60 Å². The summed E-state index contributed by atoms with van der Waals surface area (Å²) >= 11 is 3.79. The van der Waals surface area contributed by atoms with Crippen LogP contribution in [-0.4, -0.2) is 53.6 Å². The Bertz CT molecular complexity index is 1430. The number of likely N-dealkylation sites (tertiary alicyclic amines) is 1. The van der Waals surface area contributed by atoms with Crippen LogP contribution in [0, 0.1) is 5.92 Å². The number of carbonyl (C=O) groups is 1. The summed E-state index contributed by atoms with van der Waals surface area (Å²) in [5, 5.41) is 7.58. The number of nitrogens with one attached hydrogen (secondary N) is 2. The van der Waals surface area contributed by atoms with E-state index in [4.69, 9.17) is 22.1 Å². The number of nitrogens with zero attached hydrogens (tertiary/aromatic N) is 3. The van der Waals surface area contributed by atoms with Crippen LogP contribution in [0.2, 0.25) is 5.02 Å². The molecule has 3 atom stereocenters. The maximum Gasteiger partial charge on any atom is 0.417 e. The van der Waals surface area contributed by atoms with Crippen molar-refractivity contribution in [2.75, 3.05) is 24.1 Å². The van der Waals surface area contributed by atoms with Crippen LogP contribution in [-0.2, 0) is 22.0 Å². The van der Waals surface area contributed by atoms with Crippen LogP contribution in [0.3, 0.4) is 0 Å². The minimum absolute atomic E-state index is 0.00430. The first-order chi connectivity index (χ1) is 19.1. The first-order valence-electron chi connectivity index (χ1n) is 12.6. The molecule has 1 aromatic heterocycles. The summed E-state index contributed by atoms with van der Waals surface area (Å²) in [6.07, 6.45) is -4.15. The van der Waals surface area contributed by atoms with Crippen molar-refractivity contribution in [3.05, 3.63) is 52.5 Å². The van der Waals surface area contributed by atoms with Gasteiger partial charge < -0.3 is 25.2 Å². The van der Waals surface area contributed by atoms with Gasteiger partial charge in [-0.15, -0.1) is 5.10 Å². The van der Waals surface area contributed by atoms with Gasteiger partial charge in [-0.2, -0.15) is 18.2 Å². The molecule has 3 unspecified atom stereocenters. The highest BCUT2D eigenvalue weighted by Crippen LogP contribution is 2.44. The third-order valence-electron chi connectivity index (χ3n) is 6.43. The number of aromatic nitrogens is 3. The third-order valence-corrected chi connectivity index (χ3v) is 7.80. The zero-order valence-corrected chi connectivity index (χ0v) is 24.0. The average molecular weight is 614 g/mol. The normalized spacial score (nSPS) is 17.7. The number of rotatable bonds is 6. The van der Waals surface area contributed by atoms with Crippen LogP contribution in [0.4, 0.5) is 35.5 Å². The monoisotopic (exact) mass is 613 g/mol. The van der Waals surface area contributed by atoms with Gasteiger partial charge in [0.05, 0.1) is 15.8 Å². The number of nitrogens with two attached hydrogens (primary N) is 1. The van der Waals surface area contributed by atoms with Gasteiger partial charge in [-0.1, -0.05) is 35.9 Å². The predicted octanol–water partition coefficient (Wildman–Crippen LogP) is 6.04. The lowest BCUT2D eigenvalue weighted by molar-refractivity contribution is -0.137. The van der Waals surface area contributed by atoms with E-state index in [1.54, 1.807) is 20.8 Å². The van der Waals surface area contributed by atoms with Crippen molar-refractivity contribution < 1.29 is 31.5 Å². The molecule has 3 aromatic rings. The van der Waals surface area contributed by atoms with Crippen molar-refractivity contribution in [1.82, 2.24) is 20.1 Å². The lowest BCUT2D eigenvalue weighted by Gasteiger charge is -2.38. The first kappa shape index (κ1) is 30.6. The van der Waals surface area contributed by atoms with Crippen molar-refractivity contribution in [2.45, 2.75) is 50.6 Å². The molecule has 2 aromatic carbocycles. The molecule has 1 amide bonds. The van der Waals surface area contributed by atoms with Gasteiger partial charge in [-0.05, 0) is 73.9 Å². The van der Waals surface area contributed by atoms with E-state index in [2.05, 4.69) is 20.5 Å². The minimum Gasteiger partial charge on any atom is -0.772 e. The Labute approximate surface area is 242 Å². The highest BCUT2D eigenvalue weighted by molar-refractivity contribution is 7.79. The van der Waals surface area contributed by atoms with Crippen LogP contribution >= 0.6 is 11.6 Å². The number of alkyl halides is 3. The number of hydrogen-bond acceptors (Lipinski definition) is 8. The Hall–Kier alpha value is -3.36. The smallest absolute Gasteiger partial charge is 0.417 e. The number of piperidine rings is 1. The molecule has 4 N–H and O–H groups in total. The van der Waals surface area contributed by atoms with Gasteiger partial charge in [0.15, 0.2) is 0 Å². The molecular weight excluding hydrogens is 585 g/mol. The Balaban J connectivity index is 1.62. The van der Waals surface area contributed by atoms with Gasteiger partial charge in [0, 0.05) is 24.3 Å². The van der Waals surface area contributed by atoms with Crippen molar-refractivity contribution in [3.63, 3.8) is 0 Å². The van der Waals surface area contributed by atoms with Crippen molar-refractivity contribution in [2.24, 2.45) is 5.92 Å². The Morgan fingerprint density at radius 3 is 2.51 bits per heavy atom. The summed E-state index contributed by atoms with van der Waals surface area (Å²) in [6, 6.07) is 7.94. The fraction of sp³-hybridized carbons (Fsp3) is 0.423. The SMILES string of the molecule is CC(C)(C)OC(=O)N1CCCC(C(c2ccc(-c3c(Cl)cc(Nc4n[nH]c(N)n4)cc3C(F)(F)F)cc2)S(=O)[O-])C1. The number of ether oxygens (including phenoxy) is 1. The number of nitrogen functional groups attached to an aromatic ring is 1. The fourth-order valence-electron chi connectivity index (χ4n) is 4.78. The molecule has 0 aliphatic carbocycles. The second-order valence-electron chi connectivity index (χ2n) is 10.7. The van der Waals surface area contributed by atoms with E-state index in [1.165, 1.54) is 35.2 Å². The van der Waals surface area contributed by atoms with E-state index >= 15 is 0 Å². The molecule has 4 rings (SSSR count). The summed E-state index contributed by atoms with van der Waals surface area (Å²) in [5.74, 6) is -0.479. The molecule has 10 nitrogen and oxygen atoms in total. The summed E-state index contributed by atoms with van der Waals surface area (Å²) in [6.45, 7) is 5.85. The predicted molar refractivity (Wildman–Crippen MR) is 148 cm³/mol. The number of hydrogen-bond donors (Lipinski definition) is 3. The highest BCUT2D eigenvalue weighted by atomic mass is 35.5. The molecule has 0 bridgehead atoms. The summed E-state index contributed by atoms with van der Waals surface area (Å²) in [4.78, 5) is 17.9. The van der Waals surface area contributed by atoms with E-state index < -0.39 is 45.7 Å². The topological polar surface area (TPSA) is 149 Å². The maximum absolute atomic E-state index is 14.1. The van der Waals surface area contributed by atoms with Crippen LogP contribution < -0.4 is 11.1 Å². The molecule has 1 fully saturated rings. The largest absolute Gasteiger partial charge is 0.772 e. The van der Waals surface area contributed by atoms with Crippen molar-refractivity contribution >= 4 is 46.4 Å². The van der Waals surface area contributed by atoms with E-state index in [-0.39, 0.29) is 40.3 Å². The molecule has 1 aliphatic heterocycles. The molecule has 0 spiro atoms. The van der Waals surface area contributed by atoms with Crippen LogP contribution in [0.15, 0.2) is 36.4 Å². The Kier molecular flexibility index (Phi) is 8.85. The second-order valence-corrected chi connectivity index (χ2v) is 12.1. The number of aromatic amines is 1. The van der Waals surface area contributed by atoms with E-state index in [0.29, 0.717) is 24.9 Å². The number of H-pyrrole nitrogens is 1. The number of benzene rings is 2. The zero-order chi connectivity index (χ0) is 30.1. The molecule has 15 heteroatoms. The van der Waals surface area contributed by atoms with Crippen molar-refractivity contribution in [1.29, 1.82) is 0 Å². The molecule has 1 aliphatic rings. The molecular formula is C26H29ClF3N6O4S-. The number of halogens is 4. The lowest BCUT2D eigenvalue weighted by Crippen LogP contribution is -2.44. The zero-order valence-electron chi connectivity index (χ0n) is 22.4. The van der Waals surface area contributed by atoms with Gasteiger partial charge in [-0.25, -0.2) is 9.89 Å². The maximum atomic E-state index is 14.1. The molecule has 41 heavy (non-hydrogen) atoms. The highest BCUT2D eigenvalue weighted by Gasteiger charge is 2.36.